The SMILES string of the molecule is [2H]c1ccc(-c2c([2H])c([2H])c(-c3ccc([2H])cc3)c(-c3c4ccccc4c(-c4cccc5oc6c7ccccc7ccc6c45)c4ccccc34)c2[2H])cc1. The Kier molecular flexibility index (Phi) is 5.20. The van der Waals surface area contributed by atoms with Gasteiger partial charge in [0.05, 0.1) is 6.85 Å². The Morgan fingerprint density at radius 1 is 0.388 bits per heavy atom. The van der Waals surface area contributed by atoms with Gasteiger partial charge in [0, 0.05) is 16.2 Å². The first-order chi connectivity index (χ1) is 26.4. The fraction of sp³-hybridized carbons (Fsp3) is 0. The monoisotopic (exact) mass is 627 g/mol. The first kappa shape index (κ1) is 23.0. The van der Waals surface area contributed by atoms with Crippen LogP contribution in [0.2, 0.25) is 0 Å². The molecule has 10 rings (SSSR count). The molecule has 1 aromatic heterocycles. The van der Waals surface area contributed by atoms with Crippen LogP contribution in [0.5, 0.6) is 0 Å². The van der Waals surface area contributed by atoms with E-state index in [1.54, 1.807) is 48.5 Å². The van der Waals surface area contributed by atoms with Gasteiger partial charge in [-0.1, -0.05) is 164 Å². The highest BCUT2D eigenvalue weighted by Crippen LogP contribution is 2.49. The molecule has 9 aromatic carbocycles. The molecule has 10 aromatic rings. The summed E-state index contributed by atoms with van der Waals surface area (Å²) < 4.78 is 51.7. The summed E-state index contributed by atoms with van der Waals surface area (Å²) in [4.78, 5) is 0. The highest BCUT2D eigenvalue weighted by atomic mass is 16.3. The van der Waals surface area contributed by atoms with Crippen LogP contribution < -0.4 is 0 Å². The van der Waals surface area contributed by atoms with E-state index in [1.807, 2.05) is 48.5 Å². The lowest BCUT2D eigenvalue weighted by Crippen LogP contribution is -1.94. The van der Waals surface area contributed by atoms with Gasteiger partial charge in [0.1, 0.15) is 11.2 Å². The van der Waals surface area contributed by atoms with Crippen LogP contribution in [-0.4, -0.2) is 0 Å². The molecule has 1 heterocycles. The van der Waals surface area contributed by atoms with Crippen LogP contribution in [0, 0.1) is 0 Å². The summed E-state index contributed by atoms with van der Waals surface area (Å²) in [5.74, 6) is 0. The Hall–Kier alpha value is -6.44. The Morgan fingerprint density at radius 2 is 0.980 bits per heavy atom. The molecule has 0 aliphatic rings. The number of hydrogen-bond donors (Lipinski definition) is 0. The van der Waals surface area contributed by atoms with Crippen molar-refractivity contribution in [1.82, 2.24) is 0 Å². The minimum absolute atomic E-state index is 0.00257. The van der Waals surface area contributed by atoms with Crippen molar-refractivity contribution in [2.45, 2.75) is 0 Å². The summed E-state index contributed by atoms with van der Waals surface area (Å²) in [5.41, 5.74) is 7.20. The van der Waals surface area contributed by atoms with E-state index in [9.17, 15) is 4.11 Å². The van der Waals surface area contributed by atoms with Gasteiger partial charge in [0.15, 0.2) is 0 Å². The average Bonchev–Trinajstić information content (AvgIpc) is 3.60. The topological polar surface area (TPSA) is 13.1 Å². The van der Waals surface area contributed by atoms with Crippen molar-refractivity contribution < 1.29 is 11.3 Å². The minimum Gasteiger partial charge on any atom is -0.455 e. The number of rotatable bonds is 4. The van der Waals surface area contributed by atoms with Gasteiger partial charge < -0.3 is 4.42 Å². The Bertz CT molecular complexity index is 3090. The summed E-state index contributed by atoms with van der Waals surface area (Å²) in [6, 6.07) is 49.9. The highest BCUT2D eigenvalue weighted by Gasteiger charge is 2.22. The number of hydrogen-bond acceptors (Lipinski definition) is 1. The maximum Gasteiger partial charge on any atom is 0.143 e. The zero-order valence-corrected chi connectivity index (χ0v) is 26.3. The fourth-order valence-electron chi connectivity index (χ4n) is 7.51. The van der Waals surface area contributed by atoms with Gasteiger partial charge in [-0.05, 0) is 89.6 Å². The normalized spacial score (nSPS) is 13.1. The van der Waals surface area contributed by atoms with Gasteiger partial charge in [0.25, 0.3) is 0 Å². The standard InChI is InChI=1S/C48H30O/c1-3-14-31(15-4-1)34-27-28-35(32-16-5-2-6-17-32)43(30-34)46-39-22-11-9-20-37(39)45(38-21-10-12-23-40(38)46)41-24-13-25-44-47(41)42-29-26-33-18-7-8-19-36(33)48(42)49-44/h1-30H/i1D,2D,27D,28D,30D. The van der Waals surface area contributed by atoms with E-state index in [1.165, 1.54) is 0 Å². The summed E-state index contributed by atoms with van der Waals surface area (Å²) >= 11 is 0. The quantitative estimate of drug-likeness (QED) is 0.177. The summed E-state index contributed by atoms with van der Waals surface area (Å²) in [7, 11) is 0. The van der Waals surface area contributed by atoms with E-state index >= 15 is 0 Å². The van der Waals surface area contributed by atoms with E-state index in [4.69, 9.17) is 7.16 Å². The Labute approximate surface area is 291 Å². The van der Waals surface area contributed by atoms with Crippen molar-refractivity contribution in [3.05, 3.63) is 182 Å². The molecular formula is C48H30O. The van der Waals surface area contributed by atoms with Crippen molar-refractivity contribution in [1.29, 1.82) is 0 Å². The van der Waals surface area contributed by atoms with Gasteiger partial charge >= 0.3 is 0 Å². The second-order valence-corrected chi connectivity index (χ2v) is 12.4. The fourth-order valence-corrected chi connectivity index (χ4v) is 7.51. The third kappa shape index (κ3) is 4.33. The van der Waals surface area contributed by atoms with Crippen LogP contribution in [-0.2, 0) is 0 Å². The molecule has 49 heavy (non-hydrogen) atoms. The smallest absolute Gasteiger partial charge is 0.143 e. The van der Waals surface area contributed by atoms with E-state index < -0.39 is 0 Å². The Morgan fingerprint density at radius 3 is 1.65 bits per heavy atom. The molecule has 0 aliphatic heterocycles. The lowest BCUT2D eigenvalue weighted by Gasteiger charge is -2.21. The molecule has 1 heteroatoms. The molecule has 0 bridgehead atoms. The van der Waals surface area contributed by atoms with Crippen molar-refractivity contribution in [3.63, 3.8) is 0 Å². The van der Waals surface area contributed by atoms with E-state index in [0.29, 0.717) is 39.9 Å². The summed E-state index contributed by atoms with van der Waals surface area (Å²) in [5, 5.41) is 8.06. The molecule has 0 aliphatic carbocycles. The number of fused-ring (bicyclic) bond motifs is 7. The predicted octanol–water partition coefficient (Wildman–Crippen LogP) is 13.7. The molecule has 0 amide bonds. The Balaban J connectivity index is 1.37. The number of furan rings is 1. The zero-order valence-electron chi connectivity index (χ0n) is 31.3. The average molecular weight is 628 g/mol. The van der Waals surface area contributed by atoms with Gasteiger partial charge in [-0.3, -0.25) is 0 Å². The van der Waals surface area contributed by atoms with Crippen molar-refractivity contribution in [3.8, 4) is 44.5 Å². The third-order valence-corrected chi connectivity index (χ3v) is 9.66. The molecule has 0 atom stereocenters. The lowest BCUT2D eigenvalue weighted by atomic mass is 9.82. The molecule has 0 saturated carbocycles. The highest BCUT2D eigenvalue weighted by molar-refractivity contribution is 6.27. The lowest BCUT2D eigenvalue weighted by molar-refractivity contribution is 0.673. The summed E-state index contributed by atoms with van der Waals surface area (Å²) in [6.07, 6.45) is 0. The molecule has 0 spiro atoms. The van der Waals surface area contributed by atoms with Crippen LogP contribution in [0.1, 0.15) is 6.85 Å². The summed E-state index contributed by atoms with van der Waals surface area (Å²) in [6.45, 7) is 0. The van der Waals surface area contributed by atoms with Crippen LogP contribution in [0.15, 0.2) is 186 Å². The minimum atomic E-state index is -0.0531. The third-order valence-electron chi connectivity index (χ3n) is 9.66. The maximum absolute atomic E-state index is 9.96. The van der Waals surface area contributed by atoms with Crippen LogP contribution in [0.4, 0.5) is 0 Å². The van der Waals surface area contributed by atoms with E-state index in [2.05, 4.69) is 54.6 Å². The molecule has 1 nitrogen and oxygen atoms in total. The largest absolute Gasteiger partial charge is 0.455 e. The predicted molar refractivity (Wildman–Crippen MR) is 208 cm³/mol. The molecule has 0 N–H and O–H groups in total. The van der Waals surface area contributed by atoms with Gasteiger partial charge in [-0.25, -0.2) is 0 Å². The van der Waals surface area contributed by atoms with Gasteiger partial charge in [0.2, 0.25) is 0 Å². The first-order valence-electron chi connectivity index (χ1n) is 18.9. The van der Waals surface area contributed by atoms with E-state index in [-0.39, 0.29) is 18.1 Å². The van der Waals surface area contributed by atoms with Crippen LogP contribution in [0.25, 0.3) is 98.8 Å². The second kappa shape index (κ2) is 11.1. The van der Waals surface area contributed by atoms with Crippen molar-refractivity contribution >= 4 is 54.3 Å². The van der Waals surface area contributed by atoms with Crippen molar-refractivity contribution in [2.75, 3.05) is 0 Å². The zero-order chi connectivity index (χ0) is 36.7. The molecule has 0 saturated heterocycles. The molecule has 228 valence electrons. The molecular weight excluding hydrogens is 593 g/mol. The number of benzene rings is 9. The first-order valence-corrected chi connectivity index (χ1v) is 16.4. The maximum atomic E-state index is 9.96. The molecule has 0 radical (unpaired) electrons. The molecule has 0 unspecified atom stereocenters. The van der Waals surface area contributed by atoms with Crippen LogP contribution >= 0.6 is 0 Å². The van der Waals surface area contributed by atoms with Gasteiger partial charge in [-0.15, -0.1) is 0 Å². The van der Waals surface area contributed by atoms with Gasteiger partial charge in [-0.2, -0.15) is 0 Å². The molecule has 0 fully saturated rings. The van der Waals surface area contributed by atoms with Crippen LogP contribution in [0.3, 0.4) is 0 Å². The van der Waals surface area contributed by atoms with Crippen molar-refractivity contribution in [2.24, 2.45) is 0 Å². The second-order valence-electron chi connectivity index (χ2n) is 12.4. The van der Waals surface area contributed by atoms with E-state index in [0.717, 1.165) is 70.9 Å².